The molecule has 2 aromatic rings. The smallest absolute Gasteiger partial charge is 0.316 e. The summed E-state index contributed by atoms with van der Waals surface area (Å²) < 4.78 is 39.3. The number of aliphatic hydroxyl groups is 2. The van der Waals surface area contributed by atoms with Crippen molar-refractivity contribution in [2.24, 2.45) is 33.8 Å². The number of aromatic nitrogens is 1. The van der Waals surface area contributed by atoms with Gasteiger partial charge in [-0.1, -0.05) is 62.4 Å². The Labute approximate surface area is 373 Å². The van der Waals surface area contributed by atoms with Crippen LogP contribution in [0.25, 0.3) is 16.3 Å². The maximum Gasteiger partial charge on any atom is 0.316 e. The summed E-state index contributed by atoms with van der Waals surface area (Å²) in [6.45, 7) is 13.3. The van der Waals surface area contributed by atoms with E-state index in [2.05, 4.69) is 10.1 Å². The van der Waals surface area contributed by atoms with E-state index in [9.17, 15) is 24.6 Å². The van der Waals surface area contributed by atoms with E-state index in [1.54, 1.807) is 27.7 Å². The molecule has 1 amide bonds. The van der Waals surface area contributed by atoms with Gasteiger partial charge in [0.25, 0.3) is 5.91 Å². The zero-order chi connectivity index (χ0) is 46.0. The molecule has 3 fully saturated rings. The van der Waals surface area contributed by atoms with Crippen molar-refractivity contribution < 1.29 is 57.9 Å². The van der Waals surface area contributed by atoms with Crippen LogP contribution in [-0.4, -0.2) is 150 Å². The number of likely N-dealkylation sites (N-methyl/N-ethyl adjacent to an activating group) is 1. The second kappa shape index (κ2) is 20.2. The standard InChI is InChI=1S/C45H65N5O12S/c1-11-34-45(8,55)39-25(4)35-23(2)19-44(7,38(26(5)36(51)27(6)41(54)60-34)61-42-37(52)31(50(9)10)17-24(3)59-42)58-21-29(20-57-39)49-62-32(40(53)48-35)22-56-16-12-13-28-14-15-30-33(18-28)63-43(46)47-30/h12-15,18,23-27,31-32,34,37-39,42,52,55H,11,16-17,19-22H2,1-10H3,(H2,46,47)/b13-12+,48-35?,49-29-/t23-,24-,25+,26+,27-,31+,32?,34-,37-,38-,39-,42+,44-,45-/m1/s1. The molecule has 6 rings (SSSR count). The highest BCUT2D eigenvalue weighted by atomic mass is 32.1. The number of Topliss-reactive ketones (excluding diaryl/α,β-unsaturated/α-hetero) is 1. The normalized spacial score (nSPS) is 38.4. The number of fused-ring (bicyclic) bond motifs is 5. The second-order valence-corrected chi connectivity index (χ2v) is 19.2. The Bertz CT molecular complexity index is 2060. The third-order valence-electron chi connectivity index (χ3n) is 12.9. The van der Waals surface area contributed by atoms with Crippen LogP contribution in [0.15, 0.2) is 34.4 Å². The predicted molar refractivity (Wildman–Crippen MR) is 237 cm³/mol. The van der Waals surface area contributed by atoms with Gasteiger partial charge in [-0.15, -0.1) is 0 Å². The Morgan fingerprint density at radius 3 is 2.54 bits per heavy atom. The fourth-order valence-electron chi connectivity index (χ4n) is 9.40. The van der Waals surface area contributed by atoms with Crippen LogP contribution in [-0.2, 0) is 47.6 Å². The van der Waals surface area contributed by atoms with Crippen LogP contribution < -0.4 is 5.73 Å². The third-order valence-corrected chi connectivity index (χ3v) is 13.7. The molecule has 1 aromatic carbocycles. The summed E-state index contributed by atoms with van der Waals surface area (Å²) in [5.41, 5.74) is 4.94. The van der Waals surface area contributed by atoms with Gasteiger partial charge in [0.05, 0.1) is 60.6 Å². The number of benzene rings is 1. The van der Waals surface area contributed by atoms with Gasteiger partial charge in [-0.05, 0) is 84.7 Å². The number of aliphatic imine (C=N–C) groups is 1. The number of thiazole rings is 1. The van der Waals surface area contributed by atoms with Gasteiger partial charge in [0.15, 0.2) is 17.2 Å². The first-order chi connectivity index (χ1) is 29.7. The molecule has 0 aliphatic carbocycles. The lowest BCUT2D eigenvalue weighted by atomic mass is 9.73. The Balaban J connectivity index is 1.39. The molecule has 4 aliphatic heterocycles. The quantitative estimate of drug-likeness (QED) is 0.182. The number of hydrogen-bond donors (Lipinski definition) is 3. The first kappa shape index (κ1) is 48.7. The van der Waals surface area contributed by atoms with E-state index in [0.29, 0.717) is 17.3 Å². The van der Waals surface area contributed by atoms with Crippen molar-refractivity contribution in [1.29, 1.82) is 0 Å². The summed E-state index contributed by atoms with van der Waals surface area (Å²) >= 11 is 1.40. The molecule has 4 bridgehead atoms. The molecule has 0 radical (unpaired) electrons. The van der Waals surface area contributed by atoms with E-state index in [1.165, 1.54) is 25.2 Å². The minimum Gasteiger partial charge on any atom is -0.459 e. The van der Waals surface area contributed by atoms with Crippen molar-refractivity contribution >= 4 is 61.8 Å². The van der Waals surface area contributed by atoms with Gasteiger partial charge in [-0.3, -0.25) is 14.4 Å². The molecule has 1 aromatic heterocycles. The molecule has 63 heavy (non-hydrogen) atoms. The number of oxime groups is 1. The van der Waals surface area contributed by atoms with Gasteiger partial charge in [-0.25, -0.2) is 9.98 Å². The average molecular weight is 900 g/mol. The van der Waals surface area contributed by atoms with Crippen LogP contribution in [0.4, 0.5) is 5.13 Å². The zero-order valence-electron chi connectivity index (χ0n) is 38.0. The van der Waals surface area contributed by atoms with E-state index >= 15 is 0 Å². The minimum absolute atomic E-state index is 0.131. The molecular formula is C45H65N5O12S. The highest BCUT2D eigenvalue weighted by Crippen LogP contribution is 2.40. The summed E-state index contributed by atoms with van der Waals surface area (Å²) in [4.78, 5) is 59.5. The number of rotatable bonds is 9. The van der Waals surface area contributed by atoms with Crippen molar-refractivity contribution in [2.75, 3.05) is 46.3 Å². The van der Waals surface area contributed by atoms with Gasteiger partial charge < -0.3 is 54.1 Å². The lowest BCUT2D eigenvalue weighted by Gasteiger charge is -2.47. The van der Waals surface area contributed by atoms with Gasteiger partial charge in [0.2, 0.25) is 6.10 Å². The molecule has 3 saturated heterocycles. The molecule has 1 unspecified atom stereocenters. The number of nitrogen functional groups attached to an aromatic ring is 1. The van der Waals surface area contributed by atoms with E-state index in [-0.39, 0.29) is 57.1 Å². The number of anilines is 1. The lowest BCUT2D eigenvalue weighted by molar-refractivity contribution is -0.296. The van der Waals surface area contributed by atoms with Gasteiger partial charge in [0.1, 0.15) is 29.4 Å². The Kier molecular flexibility index (Phi) is 15.6. The Morgan fingerprint density at radius 2 is 1.83 bits per heavy atom. The first-order valence-corrected chi connectivity index (χ1v) is 22.7. The van der Waals surface area contributed by atoms with Crippen LogP contribution in [0.2, 0.25) is 0 Å². The molecule has 17 nitrogen and oxygen atoms in total. The molecular weight excluding hydrogens is 835 g/mol. The van der Waals surface area contributed by atoms with Crippen molar-refractivity contribution in [3.8, 4) is 0 Å². The molecule has 0 spiro atoms. The molecule has 18 heteroatoms. The number of esters is 1. The van der Waals surface area contributed by atoms with E-state index in [1.807, 2.05) is 63.2 Å². The number of ether oxygens (including phenoxy) is 6. The van der Waals surface area contributed by atoms with Crippen LogP contribution in [0.1, 0.15) is 80.2 Å². The Hall–Kier alpha value is -3.72. The number of carbonyl (C=O) groups excluding carboxylic acids is 3. The zero-order valence-corrected chi connectivity index (χ0v) is 38.8. The fraction of sp³-hybridized carbons (Fsp3) is 0.689. The van der Waals surface area contributed by atoms with Crippen molar-refractivity contribution in [3.05, 3.63) is 29.8 Å². The van der Waals surface area contributed by atoms with E-state index in [4.69, 9.17) is 44.0 Å². The van der Waals surface area contributed by atoms with Crippen molar-refractivity contribution in [3.63, 3.8) is 0 Å². The van der Waals surface area contributed by atoms with Crippen molar-refractivity contribution in [2.45, 2.75) is 135 Å². The van der Waals surface area contributed by atoms with Gasteiger partial charge in [-0.2, -0.15) is 0 Å². The number of hydrogen-bond acceptors (Lipinski definition) is 17. The molecule has 4 aliphatic rings. The largest absolute Gasteiger partial charge is 0.459 e. The number of nitrogens with two attached hydrogens (primary N) is 1. The monoisotopic (exact) mass is 899 g/mol. The molecule has 5 heterocycles. The van der Waals surface area contributed by atoms with E-state index < -0.39 is 89.3 Å². The number of carbonyl (C=O) groups is 3. The van der Waals surface area contributed by atoms with Crippen LogP contribution in [0.3, 0.4) is 0 Å². The number of cyclic esters (lactones) is 1. The molecule has 14 atom stereocenters. The average Bonchev–Trinajstić information content (AvgIpc) is 3.60. The highest BCUT2D eigenvalue weighted by molar-refractivity contribution is 7.22. The van der Waals surface area contributed by atoms with E-state index in [0.717, 1.165) is 15.8 Å². The van der Waals surface area contributed by atoms with Crippen LogP contribution >= 0.6 is 11.3 Å². The fourth-order valence-corrected chi connectivity index (χ4v) is 10.2. The molecule has 348 valence electrons. The SMILES string of the molecule is CC[C@H]1OC(=O)[C@H](C)C(=O)[C@H](C)[C@@H](O[C@@H]2O[C@H](C)C[C@H](N(C)C)[C@H]2O)[C@@]2(C)C[C@@H](C)C3=NC(=O)C(COC/C=C/c4ccc5nc(N)sc5c4)O/N=C(/CO[C@H]([C@H]3C)[C@]1(C)O)CO2. The summed E-state index contributed by atoms with van der Waals surface area (Å²) in [5.74, 6) is -5.62. The second-order valence-electron chi connectivity index (χ2n) is 18.2. The number of aliphatic hydroxyl groups excluding tert-OH is 1. The van der Waals surface area contributed by atoms with Crippen LogP contribution in [0.5, 0.6) is 0 Å². The topological polar surface area (TPSA) is 223 Å². The number of amides is 1. The summed E-state index contributed by atoms with van der Waals surface area (Å²) in [5, 5.41) is 29.0. The molecule has 4 N–H and O–H groups in total. The number of ketones is 1. The van der Waals surface area contributed by atoms with Gasteiger partial charge in [0, 0.05) is 23.6 Å². The lowest BCUT2D eigenvalue weighted by Crippen LogP contribution is -2.60. The maximum atomic E-state index is 14.5. The Morgan fingerprint density at radius 1 is 1.08 bits per heavy atom. The highest BCUT2D eigenvalue weighted by Gasteiger charge is 2.53. The van der Waals surface area contributed by atoms with Gasteiger partial charge >= 0.3 is 5.97 Å². The first-order valence-electron chi connectivity index (χ1n) is 21.9. The minimum atomic E-state index is -1.85. The summed E-state index contributed by atoms with van der Waals surface area (Å²) in [6.07, 6.45) is -2.66. The number of nitrogens with zero attached hydrogens (tertiary/aromatic N) is 4. The third kappa shape index (κ3) is 10.9. The predicted octanol–water partition coefficient (Wildman–Crippen LogP) is 4.21. The molecule has 0 saturated carbocycles. The van der Waals surface area contributed by atoms with Crippen LogP contribution in [0, 0.1) is 23.7 Å². The summed E-state index contributed by atoms with van der Waals surface area (Å²) in [7, 11) is 3.73. The maximum absolute atomic E-state index is 14.5. The summed E-state index contributed by atoms with van der Waals surface area (Å²) in [6, 6.07) is 5.48. The van der Waals surface area contributed by atoms with Crippen molar-refractivity contribution in [1.82, 2.24) is 9.88 Å².